The molecule has 178 valence electrons. The minimum Gasteiger partial charge on any atom is -0.355 e. The minimum absolute atomic E-state index is 0.0566. The molecule has 0 atom stereocenters. The Labute approximate surface area is 196 Å². The Morgan fingerprint density at radius 3 is 2.15 bits per heavy atom. The molecular formula is C25H35FN6O. The number of amides is 1. The van der Waals surface area contributed by atoms with Gasteiger partial charge in [-0.1, -0.05) is 19.1 Å². The molecule has 3 heterocycles. The Morgan fingerprint density at radius 2 is 1.55 bits per heavy atom. The van der Waals surface area contributed by atoms with Crippen molar-refractivity contribution in [3.8, 4) is 11.1 Å². The van der Waals surface area contributed by atoms with Crippen LogP contribution >= 0.6 is 0 Å². The summed E-state index contributed by atoms with van der Waals surface area (Å²) in [5.74, 6) is 0.656. The van der Waals surface area contributed by atoms with Crippen molar-refractivity contribution in [2.45, 2.75) is 26.2 Å². The van der Waals surface area contributed by atoms with E-state index in [0.29, 0.717) is 5.95 Å². The standard InChI is InChI=1S/C25H35FN6O/c1-2-10-30-14-16-31(17-15-30)13-9-27-24(33)21-7-11-32(12-8-21)25-28-18-22(19-29-25)20-3-5-23(26)6-4-20/h3-6,18-19,21H,2,7-17H2,1H3,(H,27,33). The number of aromatic nitrogens is 2. The number of hydrogen-bond donors (Lipinski definition) is 1. The lowest BCUT2D eigenvalue weighted by Gasteiger charge is -2.34. The van der Waals surface area contributed by atoms with E-state index in [2.05, 4.69) is 36.9 Å². The second-order valence-electron chi connectivity index (χ2n) is 9.01. The van der Waals surface area contributed by atoms with E-state index in [1.807, 2.05) is 0 Å². The molecular weight excluding hydrogens is 419 g/mol. The van der Waals surface area contributed by atoms with E-state index in [0.717, 1.165) is 76.3 Å². The second kappa shape index (κ2) is 11.5. The first-order valence-electron chi connectivity index (χ1n) is 12.2. The molecule has 0 unspecified atom stereocenters. The van der Waals surface area contributed by atoms with Crippen molar-refractivity contribution in [2.24, 2.45) is 5.92 Å². The molecule has 1 amide bonds. The van der Waals surface area contributed by atoms with Gasteiger partial charge in [-0.3, -0.25) is 9.69 Å². The Bertz CT molecular complexity index is 875. The van der Waals surface area contributed by atoms with Gasteiger partial charge in [-0.2, -0.15) is 0 Å². The van der Waals surface area contributed by atoms with Crippen molar-refractivity contribution in [1.82, 2.24) is 25.1 Å². The van der Waals surface area contributed by atoms with Gasteiger partial charge in [-0.05, 0) is 43.5 Å². The van der Waals surface area contributed by atoms with Crippen molar-refractivity contribution in [2.75, 3.05) is 63.8 Å². The lowest BCUT2D eigenvalue weighted by molar-refractivity contribution is -0.125. The van der Waals surface area contributed by atoms with Gasteiger partial charge in [-0.15, -0.1) is 0 Å². The van der Waals surface area contributed by atoms with Gasteiger partial charge >= 0.3 is 0 Å². The molecule has 0 radical (unpaired) electrons. The van der Waals surface area contributed by atoms with Gasteiger partial charge in [0.05, 0.1) is 0 Å². The fraction of sp³-hybridized carbons (Fsp3) is 0.560. The van der Waals surface area contributed by atoms with E-state index in [4.69, 9.17) is 0 Å². The lowest BCUT2D eigenvalue weighted by atomic mass is 9.96. The number of hydrogen-bond acceptors (Lipinski definition) is 6. The van der Waals surface area contributed by atoms with Crippen LogP contribution in [0.15, 0.2) is 36.7 Å². The molecule has 0 saturated carbocycles. The summed E-state index contributed by atoms with van der Waals surface area (Å²) in [6, 6.07) is 6.33. The molecule has 1 N–H and O–H groups in total. The molecule has 33 heavy (non-hydrogen) atoms. The Kier molecular flexibility index (Phi) is 8.23. The van der Waals surface area contributed by atoms with Crippen LogP contribution < -0.4 is 10.2 Å². The van der Waals surface area contributed by atoms with Crippen LogP contribution in [0.1, 0.15) is 26.2 Å². The van der Waals surface area contributed by atoms with Crippen molar-refractivity contribution in [1.29, 1.82) is 0 Å². The van der Waals surface area contributed by atoms with Gasteiger partial charge in [0.1, 0.15) is 5.82 Å². The zero-order valence-corrected chi connectivity index (χ0v) is 19.5. The number of benzene rings is 1. The van der Waals surface area contributed by atoms with Crippen LogP contribution in [-0.2, 0) is 4.79 Å². The third-order valence-corrected chi connectivity index (χ3v) is 6.70. The summed E-state index contributed by atoms with van der Waals surface area (Å²) in [4.78, 5) is 28.7. The highest BCUT2D eigenvalue weighted by atomic mass is 19.1. The van der Waals surface area contributed by atoms with E-state index in [9.17, 15) is 9.18 Å². The van der Waals surface area contributed by atoms with Gasteiger partial charge in [0.25, 0.3) is 0 Å². The van der Waals surface area contributed by atoms with Crippen LogP contribution in [0, 0.1) is 11.7 Å². The summed E-state index contributed by atoms with van der Waals surface area (Å²) < 4.78 is 13.1. The van der Waals surface area contributed by atoms with Gasteiger partial charge in [0.2, 0.25) is 11.9 Å². The fourth-order valence-corrected chi connectivity index (χ4v) is 4.65. The smallest absolute Gasteiger partial charge is 0.225 e. The summed E-state index contributed by atoms with van der Waals surface area (Å²) in [7, 11) is 0. The Hall–Kier alpha value is -2.58. The number of carbonyl (C=O) groups is 1. The van der Waals surface area contributed by atoms with Gasteiger partial charge in [0, 0.05) is 76.2 Å². The normalized spacial score (nSPS) is 18.4. The average Bonchev–Trinajstić information content (AvgIpc) is 2.86. The molecule has 2 aliphatic rings. The minimum atomic E-state index is -0.256. The topological polar surface area (TPSA) is 64.6 Å². The van der Waals surface area contributed by atoms with E-state index in [1.54, 1.807) is 24.5 Å². The molecule has 0 spiro atoms. The van der Waals surface area contributed by atoms with E-state index in [-0.39, 0.29) is 17.6 Å². The van der Waals surface area contributed by atoms with E-state index < -0.39 is 0 Å². The second-order valence-corrected chi connectivity index (χ2v) is 9.01. The lowest BCUT2D eigenvalue weighted by Crippen LogP contribution is -2.49. The van der Waals surface area contributed by atoms with Gasteiger partial charge < -0.3 is 15.1 Å². The molecule has 2 aliphatic heterocycles. The zero-order valence-electron chi connectivity index (χ0n) is 19.5. The van der Waals surface area contributed by atoms with Crippen molar-refractivity contribution in [3.05, 3.63) is 42.5 Å². The van der Waals surface area contributed by atoms with Crippen LogP contribution in [0.5, 0.6) is 0 Å². The van der Waals surface area contributed by atoms with Gasteiger partial charge in [-0.25, -0.2) is 14.4 Å². The summed E-state index contributed by atoms with van der Waals surface area (Å²) in [5, 5.41) is 3.15. The summed E-state index contributed by atoms with van der Waals surface area (Å²) >= 11 is 0. The highest BCUT2D eigenvalue weighted by Crippen LogP contribution is 2.23. The van der Waals surface area contributed by atoms with Crippen LogP contribution in [0.4, 0.5) is 10.3 Å². The maximum absolute atomic E-state index is 13.1. The van der Waals surface area contributed by atoms with Crippen molar-refractivity contribution < 1.29 is 9.18 Å². The zero-order chi connectivity index (χ0) is 23.0. The number of piperazine rings is 1. The fourth-order valence-electron chi connectivity index (χ4n) is 4.65. The van der Waals surface area contributed by atoms with Crippen LogP contribution in [0.25, 0.3) is 11.1 Å². The monoisotopic (exact) mass is 454 g/mol. The molecule has 2 saturated heterocycles. The van der Waals surface area contributed by atoms with E-state index >= 15 is 0 Å². The Balaban J connectivity index is 1.17. The van der Waals surface area contributed by atoms with Crippen molar-refractivity contribution >= 4 is 11.9 Å². The number of rotatable bonds is 8. The van der Waals surface area contributed by atoms with E-state index in [1.165, 1.54) is 25.1 Å². The molecule has 2 aromatic rings. The largest absolute Gasteiger partial charge is 0.355 e. The summed E-state index contributed by atoms with van der Waals surface area (Å²) in [6.45, 7) is 11.1. The first-order valence-corrected chi connectivity index (χ1v) is 12.2. The molecule has 1 aromatic carbocycles. The molecule has 8 heteroatoms. The average molecular weight is 455 g/mol. The Morgan fingerprint density at radius 1 is 0.939 bits per heavy atom. The van der Waals surface area contributed by atoms with Crippen LogP contribution in [0.3, 0.4) is 0 Å². The number of carbonyl (C=O) groups excluding carboxylic acids is 1. The third kappa shape index (κ3) is 6.48. The number of anilines is 1. The molecule has 1 aromatic heterocycles. The predicted molar refractivity (Wildman–Crippen MR) is 129 cm³/mol. The quantitative estimate of drug-likeness (QED) is 0.662. The SMILES string of the molecule is CCCN1CCN(CCNC(=O)C2CCN(c3ncc(-c4ccc(F)cc4)cn3)CC2)CC1. The number of halogens is 1. The molecule has 2 fully saturated rings. The number of nitrogens with zero attached hydrogens (tertiary/aromatic N) is 5. The maximum atomic E-state index is 13.1. The summed E-state index contributed by atoms with van der Waals surface area (Å²) in [6.07, 6.45) is 6.38. The number of piperidine rings is 1. The van der Waals surface area contributed by atoms with Crippen LogP contribution in [-0.4, -0.2) is 84.6 Å². The first-order chi connectivity index (χ1) is 16.1. The highest BCUT2D eigenvalue weighted by Gasteiger charge is 2.26. The third-order valence-electron chi connectivity index (χ3n) is 6.70. The van der Waals surface area contributed by atoms with Crippen molar-refractivity contribution in [3.63, 3.8) is 0 Å². The first kappa shape index (κ1) is 23.6. The highest BCUT2D eigenvalue weighted by molar-refractivity contribution is 5.78. The van der Waals surface area contributed by atoms with Crippen LogP contribution in [0.2, 0.25) is 0 Å². The van der Waals surface area contributed by atoms with Gasteiger partial charge in [0.15, 0.2) is 0 Å². The molecule has 0 aliphatic carbocycles. The molecule has 7 nitrogen and oxygen atoms in total. The predicted octanol–water partition coefficient (Wildman–Crippen LogP) is 2.64. The molecule has 0 bridgehead atoms. The summed E-state index contributed by atoms with van der Waals surface area (Å²) in [5.41, 5.74) is 1.75. The number of nitrogens with one attached hydrogen (secondary N) is 1. The maximum Gasteiger partial charge on any atom is 0.225 e. The molecule has 4 rings (SSSR count).